The van der Waals surface area contributed by atoms with Gasteiger partial charge in [0, 0.05) is 29.7 Å². The summed E-state index contributed by atoms with van der Waals surface area (Å²) in [6.07, 6.45) is 4.10. The maximum atomic E-state index is 3.43. The third kappa shape index (κ3) is 3.87. The molecule has 0 unspecified atom stereocenters. The second-order valence-electron chi connectivity index (χ2n) is 3.76. The zero-order valence-electron chi connectivity index (χ0n) is 8.55. The predicted octanol–water partition coefficient (Wildman–Crippen LogP) is 2.25. The normalized spacial score (nSPS) is 11.9. The van der Waals surface area contributed by atoms with Gasteiger partial charge in [-0.05, 0) is 32.2 Å². The quantitative estimate of drug-likeness (QED) is 0.759. The average Bonchev–Trinajstić information content (AvgIpc) is 2.57. The molecule has 3 heteroatoms. The molecule has 13 heavy (non-hydrogen) atoms. The van der Waals surface area contributed by atoms with Crippen molar-refractivity contribution in [1.82, 2.24) is 10.3 Å². The van der Waals surface area contributed by atoms with E-state index in [1.165, 1.54) is 5.69 Å². The van der Waals surface area contributed by atoms with Crippen molar-refractivity contribution in [3.8, 4) is 0 Å². The number of H-pyrrole nitrogens is 1. The van der Waals surface area contributed by atoms with Crippen LogP contribution in [0, 0.1) is 0 Å². The largest absolute Gasteiger partial charge is 0.364 e. The van der Waals surface area contributed by atoms with E-state index >= 15 is 0 Å². The predicted molar refractivity (Wildman–Crippen MR) is 60.1 cm³/mol. The fourth-order valence-electron chi connectivity index (χ4n) is 1.05. The molecule has 0 amide bonds. The van der Waals surface area contributed by atoms with E-state index in [1.807, 2.05) is 24.0 Å². The lowest BCUT2D eigenvalue weighted by atomic mass is 10.2. The summed E-state index contributed by atoms with van der Waals surface area (Å²) in [4.78, 5) is 3.17. The molecule has 0 saturated carbocycles. The van der Waals surface area contributed by atoms with Gasteiger partial charge < -0.3 is 10.3 Å². The number of hydrogen-bond acceptors (Lipinski definition) is 2. The Morgan fingerprint density at radius 1 is 1.54 bits per heavy atom. The van der Waals surface area contributed by atoms with E-state index in [4.69, 9.17) is 0 Å². The van der Waals surface area contributed by atoms with Crippen LogP contribution in [-0.4, -0.2) is 22.5 Å². The number of aromatic nitrogens is 1. The van der Waals surface area contributed by atoms with Crippen molar-refractivity contribution in [3.63, 3.8) is 0 Å². The van der Waals surface area contributed by atoms with Crippen molar-refractivity contribution in [3.05, 3.63) is 24.0 Å². The van der Waals surface area contributed by atoms with E-state index in [2.05, 4.69) is 36.5 Å². The number of rotatable bonds is 5. The SMILES string of the molecule is CSC(C)(C)CNCc1ccc[nH]1. The van der Waals surface area contributed by atoms with Crippen molar-refractivity contribution in [2.75, 3.05) is 12.8 Å². The number of thioether (sulfide) groups is 1. The van der Waals surface area contributed by atoms with Crippen LogP contribution in [0.4, 0.5) is 0 Å². The molecule has 0 saturated heterocycles. The first-order valence-electron chi connectivity index (χ1n) is 4.52. The van der Waals surface area contributed by atoms with Crippen molar-refractivity contribution >= 4 is 11.8 Å². The van der Waals surface area contributed by atoms with Gasteiger partial charge in [-0.3, -0.25) is 0 Å². The molecular formula is C10H18N2S. The van der Waals surface area contributed by atoms with E-state index < -0.39 is 0 Å². The lowest BCUT2D eigenvalue weighted by Gasteiger charge is -2.22. The van der Waals surface area contributed by atoms with Gasteiger partial charge in [0.2, 0.25) is 0 Å². The number of nitrogens with one attached hydrogen (secondary N) is 2. The summed E-state index contributed by atoms with van der Waals surface area (Å²) < 4.78 is 0.326. The van der Waals surface area contributed by atoms with Crippen LogP contribution in [0.3, 0.4) is 0 Å². The molecule has 0 bridgehead atoms. The van der Waals surface area contributed by atoms with Crippen LogP contribution in [0.2, 0.25) is 0 Å². The van der Waals surface area contributed by atoms with Gasteiger partial charge in [-0.1, -0.05) is 0 Å². The maximum Gasteiger partial charge on any atom is 0.0357 e. The average molecular weight is 198 g/mol. The first-order chi connectivity index (χ1) is 6.14. The Morgan fingerprint density at radius 3 is 2.85 bits per heavy atom. The Labute approximate surface area is 84.5 Å². The van der Waals surface area contributed by atoms with Gasteiger partial charge in [-0.25, -0.2) is 0 Å². The molecule has 1 aromatic heterocycles. The molecule has 1 rings (SSSR count). The second kappa shape index (κ2) is 4.72. The third-order valence-corrected chi connectivity index (χ3v) is 3.33. The van der Waals surface area contributed by atoms with E-state index in [-0.39, 0.29) is 0 Å². The van der Waals surface area contributed by atoms with E-state index in [1.54, 1.807) is 0 Å². The second-order valence-corrected chi connectivity index (χ2v) is 5.28. The molecule has 0 fully saturated rings. The lowest BCUT2D eigenvalue weighted by molar-refractivity contribution is 0.586. The maximum absolute atomic E-state index is 3.43. The standard InChI is InChI=1S/C10H18N2S/c1-10(2,13-3)8-11-7-9-5-4-6-12-9/h4-6,11-12H,7-8H2,1-3H3. The zero-order chi connectivity index (χ0) is 9.73. The number of hydrogen-bond donors (Lipinski definition) is 2. The molecule has 0 spiro atoms. The molecule has 74 valence electrons. The van der Waals surface area contributed by atoms with Crippen molar-refractivity contribution in [2.45, 2.75) is 25.1 Å². The number of aromatic amines is 1. The summed E-state index contributed by atoms with van der Waals surface area (Å²) in [7, 11) is 0. The Balaban J connectivity index is 2.21. The fraction of sp³-hybridized carbons (Fsp3) is 0.600. The van der Waals surface area contributed by atoms with Gasteiger partial charge >= 0.3 is 0 Å². The van der Waals surface area contributed by atoms with Crippen LogP contribution in [0.15, 0.2) is 18.3 Å². The molecular weight excluding hydrogens is 180 g/mol. The van der Waals surface area contributed by atoms with E-state index in [9.17, 15) is 0 Å². The van der Waals surface area contributed by atoms with Crippen LogP contribution < -0.4 is 5.32 Å². The first kappa shape index (κ1) is 10.7. The minimum Gasteiger partial charge on any atom is -0.364 e. The molecule has 0 aliphatic carbocycles. The highest BCUT2D eigenvalue weighted by Crippen LogP contribution is 2.19. The smallest absolute Gasteiger partial charge is 0.0357 e. The lowest BCUT2D eigenvalue weighted by Crippen LogP contribution is -2.31. The van der Waals surface area contributed by atoms with Crippen LogP contribution in [0.1, 0.15) is 19.5 Å². The fourth-order valence-corrected chi connectivity index (χ4v) is 1.29. The Kier molecular flexibility index (Phi) is 3.88. The van der Waals surface area contributed by atoms with Crippen molar-refractivity contribution < 1.29 is 0 Å². The van der Waals surface area contributed by atoms with Gasteiger partial charge in [-0.2, -0.15) is 11.8 Å². The van der Waals surface area contributed by atoms with Crippen LogP contribution in [-0.2, 0) is 6.54 Å². The molecule has 0 aliphatic heterocycles. The van der Waals surface area contributed by atoms with Gasteiger partial charge in [0.05, 0.1) is 0 Å². The highest BCUT2D eigenvalue weighted by Gasteiger charge is 2.14. The van der Waals surface area contributed by atoms with Gasteiger partial charge in [0.25, 0.3) is 0 Å². The monoisotopic (exact) mass is 198 g/mol. The van der Waals surface area contributed by atoms with Crippen LogP contribution in [0.25, 0.3) is 0 Å². The Hall–Kier alpha value is -0.410. The highest BCUT2D eigenvalue weighted by molar-refractivity contribution is 7.99. The summed E-state index contributed by atoms with van der Waals surface area (Å²) >= 11 is 1.89. The molecule has 0 radical (unpaired) electrons. The molecule has 2 N–H and O–H groups in total. The molecule has 0 aliphatic rings. The molecule has 0 aromatic carbocycles. The van der Waals surface area contributed by atoms with Crippen LogP contribution >= 0.6 is 11.8 Å². The zero-order valence-corrected chi connectivity index (χ0v) is 9.37. The summed E-state index contributed by atoms with van der Waals surface area (Å²) in [5.41, 5.74) is 1.25. The van der Waals surface area contributed by atoms with Crippen molar-refractivity contribution in [2.24, 2.45) is 0 Å². The third-order valence-electron chi connectivity index (χ3n) is 2.08. The highest BCUT2D eigenvalue weighted by atomic mass is 32.2. The van der Waals surface area contributed by atoms with Gasteiger partial charge in [0.1, 0.15) is 0 Å². The molecule has 1 heterocycles. The van der Waals surface area contributed by atoms with Gasteiger partial charge in [-0.15, -0.1) is 0 Å². The minimum absolute atomic E-state index is 0.326. The van der Waals surface area contributed by atoms with Gasteiger partial charge in [0.15, 0.2) is 0 Å². The van der Waals surface area contributed by atoms with E-state index in [0.29, 0.717) is 4.75 Å². The first-order valence-corrected chi connectivity index (χ1v) is 5.75. The Morgan fingerprint density at radius 2 is 2.31 bits per heavy atom. The summed E-state index contributed by atoms with van der Waals surface area (Å²) in [6, 6.07) is 4.12. The summed E-state index contributed by atoms with van der Waals surface area (Å²) in [5, 5.41) is 3.43. The topological polar surface area (TPSA) is 27.8 Å². The van der Waals surface area contributed by atoms with Crippen LogP contribution in [0.5, 0.6) is 0 Å². The molecule has 2 nitrogen and oxygen atoms in total. The summed E-state index contributed by atoms with van der Waals surface area (Å²) in [6.45, 7) is 6.46. The Bertz CT molecular complexity index is 229. The van der Waals surface area contributed by atoms with E-state index in [0.717, 1.165) is 13.1 Å². The van der Waals surface area contributed by atoms with Crippen molar-refractivity contribution in [1.29, 1.82) is 0 Å². The minimum atomic E-state index is 0.326. The summed E-state index contributed by atoms with van der Waals surface area (Å²) in [5.74, 6) is 0. The molecule has 0 atom stereocenters. The molecule has 1 aromatic rings.